The molecule has 8 heteroatoms. The molecule has 8 nitrogen and oxygen atoms in total. The fourth-order valence-electron chi connectivity index (χ4n) is 2.37. The molecule has 3 heterocycles. The molecule has 3 rings (SSSR count). The smallest absolute Gasteiger partial charge is 0.255 e. The third-order valence-electron chi connectivity index (χ3n) is 3.67. The van der Waals surface area contributed by atoms with Crippen molar-refractivity contribution in [1.29, 1.82) is 0 Å². The van der Waals surface area contributed by atoms with Gasteiger partial charge in [-0.2, -0.15) is 5.10 Å². The lowest BCUT2D eigenvalue weighted by Gasteiger charge is -2.00. The first-order chi connectivity index (χ1) is 12.1. The zero-order valence-electron chi connectivity index (χ0n) is 14.5. The van der Waals surface area contributed by atoms with Gasteiger partial charge in [0.15, 0.2) is 0 Å². The fourth-order valence-corrected chi connectivity index (χ4v) is 2.37. The summed E-state index contributed by atoms with van der Waals surface area (Å²) in [4.78, 5) is 16.5. The van der Waals surface area contributed by atoms with Crippen molar-refractivity contribution < 1.29 is 9.21 Å². The molecule has 3 aromatic heterocycles. The van der Waals surface area contributed by atoms with Crippen LogP contribution in [-0.2, 0) is 13.1 Å². The first kappa shape index (κ1) is 16.8. The maximum atomic E-state index is 12.3. The van der Waals surface area contributed by atoms with Crippen LogP contribution in [-0.4, -0.2) is 30.9 Å². The predicted molar refractivity (Wildman–Crippen MR) is 90.7 cm³/mol. The van der Waals surface area contributed by atoms with Gasteiger partial charge in [0.25, 0.3) is 5.91 Å². The van der Waals surface area contributed by atoms with Crippen molar-refractivity contribution in [1.82, 2.24) is 30.3 Å². The van der Waals surface area contributed by atoms with Crippen LogP contribution in [0.25, 0.3) is 11.5 Å². The SMILES string of the molecule is CCCn1cc(C(=O)NCc2nnc(-c3ccc(C)nc3)o2)c(C)n1. The van der Waals surface area contributed by atoms with E-state index in [9.17, 15) is 4.79 Å². The lowest BCUT2D eigenvalue weighted by atomic mass is 10.2. The number of nitrogens with one attached hydrogen (secondary N) is 1. The topological polar surface area (TPSA) is 98.7 Å². The summed E-state index contributed by atoms with van der Waals surface area (Å²) in [7, 11) is 0. The second-order valence-corrected chi connectivity index (χ2v) is 5.76. The Morgan fingerprint density at radius 2 is 2.12 bits per heavy atom. The standard InChI is InChI=1S/C17H20N6O2/c1-4-7-23-10-14(12(3)22-23)16(24)19-9-15-20-21-17(25-15)13-6-5-11(2)18-8-13/h5-6,8,10H,4,7,9H2,1-3H3,(H,19,24). The minimum absolute atomic E-state index is 0.156. The lowest BCUT2D eigenvalue weighted by molar-refractivity contribution is 0.0946. The fraction of sp³-hybridized carbons (Fsp3) is 0.353. The summed E-state index contributed by atoms with van der Waals surface area (Å²) < 4.78 is 7.35. The van der Waals surface area contributed by atoms with Crippen molar-refractivity contribution in [3.05, 3.63) is 47.4 Å². The third-order valence-corrected chi connectivity index (χ3v) is 3.67. The number of hydrogen-bond acceptors (Lipinski definition) is 6. The molecule has 0 aliphatic carbocycles. The summed E-state index contributed by atoms with van der Waals surface area (Å²) in [6.07, 6.45) is 4.39. The highest BCUT2D eigenvalue weighted by atomic mass is 16.4. The van der Waals surface area contributed by atoms with Gasteiger partial charge in [-0.3, -0.25) is 14.5 Å². The van der Waals surface area contributed by atoms with Crippen molar-refractivity contribution in [3.8, 4) is 11.5 Å². The van der Waals surface area contributed by atoms with E-state index >= 15 is 0 Å². The molecular formula is C17H20N6O2. The van der Waals surface area contributed by atoms with Crippen LogP contribution < -0.4 is 5.32 Å². The highest BCUT2D eigenvalue weighted by Crippen LogP contribution is 2.16. The Hall–Kier alpha value is -3.03. The van der Waals surface area contributed by atoms with Crippen LogP contribution in [0.5, 0.6) is 0 Å². The van der Waals surface area contributed by atoms with Gasteiger partial charge in [-0.25, -0.2) is 0 Å². The zero-order valence-corrected chi connectivity index (χ0v) is 14.5. The van der Waals surface area contributed by atoms with Crippen molar-refractivity contribution in [2.75, 3.05) is 0 Å². The quantitative estimate of drug-likeness (QED) is 0.739. The Morgan fingerprint density at radius 1 is 1.28 bits per heavy atom. The molecule has 0 aliphatic heterocycles. The summed E-state index contributed by atoms with van der Waals surface area (Å²) in [6, 6.07) is 3.74. The molecule has 0 atom stereocenters. The molecule has 0 aliphatic rings. The molecular weight excluding hydrogens is 320 g/mol. The number of hydrogen-bond donors (Lipinski definition) is 1. The molecule has 0 spiro atoms. The van der Waals surface area contributed by atoms with E-state index < -0.39 is 0 Å². The molecule has 0 saturated heterocycles. The summed E-state index contributed by atoms with van der Waals surface area (Å²) in [5.74, 6) is 0.503. The van der Waals surface area contributed by atoms with Crippen LogP contribution in [0.4, 0.5) is 0 Å². The first-order valence-corrected chi connectivity index (χ1v) is 8.14. The molecule has 1 amide bonds. The average Bonchev–Trinajstić information content (AvgIpc) is 3.20. The van der Waals surface area contributed by atoms with E-state index in [2.05, 4.69) is 32.5 Å². The molecule has 25 heavy (non-hydrogen) atoms. The molecule has 0 fully saturated rings. The molecule has 0 bridgehead atoms. The first-order valence-electron chi connectivity index (χ1n) is 8.14. The predicted octanol–water partition coefficient (Wildman–Crippen LogP) is 2.28. The van der Waals surface area contributed by atoms with Crippen LogP contribution in [0.15, 0.2) is 28.9 Å². The van der Waals surface area contributed by atoms with E-state index in [-0.39, 0.29) is 12.5 Å². The highest BCUT2D eigenvalue weighted by Gasteiger charge is 2.15. The Labute approximate surface area is 145 Å². The summed E-state index contributed by atoms with van der Waals surface area (Å²) in [5.41, 5.74) is 2.90. The number of rotatable bonds is 6. The number of carbonyl (C=O) groups excluding carboxylic acids is 1. The largest absolute Gasteiger partial charge is 0.419 e. The zero-order chi connectivity index (χ0) is 17.8. The maximum absolute atomic E-state index is 12.3. The molecule has 0 radical (unpaired) electrons. The summed E-state index contributed by atoms with van der Waals surface area (Å²) in [5, 5.41) is 15.1. The lowest BCUT2D eigenvalue weighted by Crippen LogP contribution is -2.23. The second kappa shape index (κ2) is 7.25. The molecule has 130 valence electrons. The maximum Gasteiger partial charge on any atom is 0.255 e. The minimum atomic E-state index is -0.211. The van der Waals surface area contributed by atoms with Gasteiger partial charge in [-0.05, 0) is 32.4 Å². The van der Waals surface area contributed by atoms with E-state index in [4.69, 9.17) is 4.42 Å². The normalized spacial score (nSPS) is 10.8. The third kappa shape index (κ3) is 3.90. The van der Waals surface area contributed by atoms with Crippen molar-refractivity contribution in [3.63, 3.8) is 0 Å². The van der Waals surface area contributed by atoms with Gasteiger partial charge in [-0.1, -0.05) is 6.92 Å². The monoisotopic (exact) mass is 340 g/mol. The van der Waals surface area contributed by atoms with Crippen LogP contribution in [0.1, 0.15) is 41.0 Å². The molecule has 0 saturated carbocycles. The van der Waals surface area contributed by atoms with E-state index in [1.165, 1.54) is 0 Å². The molecule has 1 N–H and O–H groups in total. The van der Waals surface area contributed by atoms with Gasteiger partial charge in [0, 0.05) is 24.6 Å². The highest BCUT2D eigenvalue weighted by molar-refractivity contribution is 5.94. The van der Waals surface area contributed by atoms with Crippen LogP contribution in [0, 0.1) is 13.8 Å². The Bertz CT molecular complexity index is 866. The average molecular weight is 340 g/mol. The van der Waals surface area contributed by atoms with Crippen LogP contribution >= 0.6 is 0 Å². The van der Waals surface area contributed by atoms with Gasteiger partial charge >= 0.3 is 0 Å². The van der Waals surface area contributed by atoms with E-state index in [0.717, 1.165) is 24.2 Å². The van der Waals surface area contributed by atoms with Gasteiger partial charge in [0.2, 0.25) is 11.8 Å². The number of nitrogens with zero attached hydrogens (tertiary/aromatic N) is 5. The molecule has 0 aromatic carbocycles. The number of aromatic nitrogens is 5. The van der Waals surface area contributed by atoms with E-state index in [0.29, 0.717) is 23.0 Å². The van der Waals surface area contributed by atoms with Gasteiger partial charge in [-0.15, -0.1) is 10.2 Å². The minimum Gasteiger partial charge on any atom is -0.419 e. The Kier molecular flexibility index (Phi) is 4.87. The van der Waals surface area contributed by atoms with Gasteiger partial charge in [0.1, 0.15) is 0 Å². The van der Waals surface area contributed by atoms with Crippen molar-refractivity contribution >= 4 is 5.91 Å². The summed E-state index contributed by atoms with van der Waals surface area (Å²) in [6.45, 7) is 6.72. The number of pyridine rings is 1. The van der Waals surface area contributed by atoms with Gasteiger partial charge in [0.05, 0.1) is 23.4 Å². The van der Waals surface area contributed by atoms with E-state index in [1.54, 1.807) is 17.1 Å². The van der Waals surface area contributed by atoms with Crippen molar-refractivity contribution in [2.45, 2.75) is 40.3 Å². The number of amides is 1. The van der Waals surface area contributed by atoms with Crippen molar-refractivity contribution in [2.24, 2.45) is 0 Å². The van der Waals surface area contributed by atoms with E-state index in [1.807, 2.05) is 26.0 Å². The number of carbonyl (C=O) groups is 1. The number of aryl methyl sites for hydroxylation is 3. The Balaban J connectivity index is 1.64. The summed E-state index contributed by atoms with van der Waals surface area (Å²) >= 11 is 0. The second-order valence-electron chi connectivity index (χ2n) is 5.76. The van der Waals surface area contributed by atoms with Crippen LogP contribution in [0.2, 0.25) is 0 Å². The van der Waals surface area contributed by atoms with Crippen LogP contribution in [0.3, 0.4) is 0 Å². The Morgan fingerprint density at radius 3 is 2.84 bits per heavy atom. The van der Waals surface area contributed by atoms with Gasteiger partial charge < -0.3 is 9.73 Å². The molecule has 3 aromatic rings. The molecule has 0 unspecified atom stereocenters.